The Hall–Kier alpha value is -1.29. The first-order valence-corrected chi connectivity index (χ1v) is 6.01. The summed E-state index contributed by atoms with van der Waals surface area (Å²) in [5, 5.41) is 2.98. The van der Waals surface area contributed by atoms with Gasteiger partial charge in [-0.25, -0.2) is 0 Å². The van der Waals surface area contributed by atoms with Gasteiger partial charge in [0.15, 0.2) is 5.76 Å². The summed E-state index contributed by atoms with van der Waals surface area (Å²) >= 11 is 0. The van der Waals surface area contributed by atoms with Crippen molar-refractivity contribution in [1.29, 1.82) is 0 Å². The molecule has 2 unspecified atom stereocenters. The van der Waals surface area contributed by atoms with Crippen molar-refractivity contribution in [3.05, 3.63) is 24.2 Å². The van der Waals surface area contributed by atoms with Crippen molar-refractivity contribution < 1.29 is 13.9 Å². The van der Waals surface area contributed by atoms with E-state index in [9.17, 15) is 4.79 Å². The molecule has 94 valence electrons. The van der Waals surface area contributed by atoms with E-state index in [1.54, 1.807) is 12.1 Å². The van der Waals surface area contributed by atoms with Crippen LogP contribution in [0.2, 0.25) is 0 Å². The summed E-state index contributed by atoms with van der Waals surface area (Å²) in [4.78, 5) is 11.8. The van der Waals surface area contributed by atoms with Crippen molar-refractivity contribution >= 4 is 5.91 Å². The maximum absolute atomic E-state index is 11.8. The number of amides is 1. The largest absolute Gasteiger partial charge is 0.459 e. The fourth-order valence-electron chi connectivity index (χ4n) is 2.25. The normalized spacial score (nSPS) is 26.3. The lowest BCUT2D eigenvalue weighted by molar-refractivity contribution is -0.111. The van der Waals surface area contributed by atoms with E-state index in [-0.39, 0.29) is 23.5 Å². The molecule has 1 saturated carbocycles. The zero-order valence-corrected chi connectivity index (χ0v) is 10.5. The van der Waals surface area contributed by atoms with E-state index in [2.05, 4.69) is 19.2 Å². The van der Waals surface area contributed by atoms with E-state index in [0.717, 1.165) is 6.42 Å². The number of nitrogens with one attached hydrogen (secondary N) is 1. The Bertz CT molecular complexity index is 383. The predicted molar refractivity (Wildman–Crippen MR) is 63.8 cm³/mol. The van der Waals surface area contributed by atoms with Gasteiger partial charge in [-0.1, -0.05) is 13.8 Å². The molecule has 1 aromatic rings. The molecule has 0 aliphatic heterocycles. The molecular weight excluding hydrogens is 218 g/mol. The Morgan fingerprint density at radius 3 is 2.94 bits per heavy atom. The van der Waals surface area contributed by atoms with Crippen LogP contribution < -0.4 is 5.32 Å². The van der Waals surface area contributed by atoms with Crippen molar-refractivity contribution in [1.82, 2.24) is 5.32 Å². The highest BCUT2D eigenvalue weighted by Crippen LogP contribution is 2.42. The Morgan fingerprint density at radius 1 is 1.65 bits per heavy atom. The van der Waals surface area contributed by atoms with Gasteiger partial charge >= 0.3 is 0 Å². The van der Waals surface area contributed by atoms with Crippen LogP contribution in [-0.2, 0) is 4.74 Å². The second-order valence-electron chi connectivity index (χ2n) is 5.00. The smallest absolute Gasteiger partial charge is 0.287 e. The second-order valence-corrected chi connectivity index (χ2v) is 5.00. The monoisotopic (exact) mass is 237 g/mol. The topological polar surface area (TPSA) is 51.5 Å². The molecule has 4 heteroatoms. The van der Waals surface area contributed by atoms with Crippen LogP contribution in [0.3, 0.4) is 0 Å². The predicted octanol–water partition coefficient (Wildman–Crippen LogP) is 2.21. The lowest BCUT2D eigenvalue weighted by Crippen LogP contribution is -2.62. The number of ether oxygens (including phenoxy) is 1. The Morgan fingerprint density at radius 2 is 2.41 bits per heavy atom. The summed E-state index contributed by atoms with van der Waals surface area (Å²) < 4.78 is 10.7. The summed E-state index contributed by atoms with van der Waals surface area (Å²) in [6.07, 6.45) is 2.60. The Labute approximate surface area is 101 Å². The molecule has 1 aliphatic rings. The highest BCUT2D eigenvalue weighted by Gasteiger charge is 2.49. The molecular formula is C13H19NO3. The fourth-order valence-corrected chi connectivity index (χ4v) is 2.25. The van der Waals surface area contributed by atoms with Gasteiger partial charge in [0.05, 0.1) is 12.4 Å². The first-order chi connectivity index (χ1) is 8.05. The highest BCUT2D eigenvalue weighted by atomic mass is 16.5. The minimum Gasteiger partial charge on any atom is -0.459 e. The standard InChI is InChI=1S/C13H19NO3/c1-4-16-11-8-10(13(11,2)3)14-12(15)9-6-5-7-17-9/h5-7,10-11H,4,8H2,1-3H3,(H,14,15). The zero-order chi connectivity index (χ0) is 12.5. The van der Waals surface area contributed by atoms with Gasteiger partial charge in [0.1, 0.15) is 0 Å². The van der Waals surface area contributed by atoms with Gasteiger partial charge in [-0.3, -0.25) is 4.79 Å². The lowest BCUT2D eigenvalue weighted by Gasteiger charge is -2.51. The minimum atomic E-state index is -0.150. The van der Waals surface area contributed by atoms with E-state index >= 15 is 0 Å². The van der Waals surface area contributed by atoms with E-state index in [1.165, 1.54) is 6.26 Å². The van der Waals surface area contributed by atoms with Crippen LogP contribution in [0.5, 0.6) is 0 Å². The number of furan rings is 1. The van der Waals surface area contributed by atoms with Gasteiger partial charge in [-0.15, -0.1) is 0 Å². The molecule has 2 atom stereocenters. The summed E-state index contributed by atoms with van der Waals surface area (Å²) in [6, 6.07) is 3.53. The Kier molecular flexibility index (Phi) is 3.24. The zero-order valence-electron chi connectivity index (χ0n) is 10.5. The van der Waals surface area contributed by atoms with Crippen molar-refractivity contribution in [2.45, 2.75) is 39.3 Å². The van der Waals surface area contributed by atoms with Crippen LogP contribution >= 0.6 is 0 Å². The van der Waals surface area contributed by atoms with Gasteiger partial charge in [-0.2, -0.15) is 0 Å². The molecule has 4 nitrogen and oxygen atoms in total. The van der Waals surface area contributed by atoms with Crippen molar-refractivity contribution in [3.8, 4) is 0 Å². The molecule has 0 radical (unpaired) electrons. The van der Waals surface area contributed by atoms with Crippen LogP contribution in [-0.4, -0.2) is 24.7 Å². The molecule has 1 aromatic heterocycles. The Balaban J connectivity index is 1.92. The molecule has 0 bridgehead atoms. The summed E-state index contributed by atoms with van der Waals surface area (Å²) in [7, 11) is 0. The molecule has 1 N–H and O–H groups in total. The minimum absolute atomic E-state index is 0.0156. The number of hydrogen-bond acceptors (Lipinski definition) is 3. The van der Waals surface area contributed by atoms with E-state index in [1.807, 2.05) is 6.92 Å². The first-order valence-electron chi connectivity index (χ1n) is 6.01. The number of rotatable bonds is 4. The SMILES string of the molecule is CCOC1CC(NC(=O)c2ccco2)C1(C)C. The highest BCUT2D eigenvalue weighted by molar-refractivity contribution is 5.91. The molecule has 1 fully saturated rings. The summed E-state index contributed by atoms with van der Waals surface area (Å²) in [5.74, 6) is 0.212. The van der Waals surface area contributed by atoms with Crippen LogP contribution in [0, 0.1) is 5.41 Å². The van der Waals surface area contributed by atoms with Crippen LogP contribution in [0.4, 0.5) is 0 Å². The number of carbonyl (C=O) groups is 1. The fraction of sp³-hybridized carbons (Fsp3) is 0.615. The third-order valence-corrected chi connectivity index (χ3v) is 3.60. The number of hydrogen-bond donors (Lipinski definition) is 1. The van der Waals surface area contributed by atoms with Crippen molar-refractivity contribution in [3.63, 3.8) is 0 Å². The van der Waals surface area contributed by atoms with Crippen LogP contribution in [0.25, 0.3) is 0 Å². The molecule has 2 rings (SSSR count). The van der Waals surface area contributed by atoms with Gasteiger partial charge in [0, 0.05) is 18.1 Å². The average Bonchev–Trinajstić information content (AvgIpc) is 2.81. The van der Waals surface area contributed by atoms with Crippen LogP contribution in [0.1, 0.15) is 37.7 Å². The molecule has 0 aromatic carbocycles. The summed E-state index contributed by atoms with van der Waals surface area (Å²) in [6.45, 7) is 6.94. The third kappa shape index (κ3) is 2.22. The first kappa shape index (κ1) is 12.2. The molecule has 17 heavy (non-hydrogen) atoms. The van der Waals surface area contributed by atoms with E-state index in [4.69, 9.17) is 9.15 Å². The van der Waals surface area contributed by atoms with Gasteiger partial charge < -0.3 is 14.5 Å². The second kappa shape index (κ2) is 4.53. The third-order valence-electron chi connectivity index (χ3n) is 3.60. The van der Waals surface area contributed by atoms with Crippen molar-refractivity contribution in [2.24, 2.45) is 5.41 Å². The van der Waals surface area contributed by atoms with E-state index < -0.39 is 0 Å². The quantitative estimate of drug-likeness (QED) is 0.873. The van der Waals surface area contributed by atoms with E-state index in [0.29, 0.717) is 12.4 Å². The van der Waals surface area contributed by atoms with Crippen LogP contribution in [0.15, 0.2) is 22.8 Å². The van der Waals surface area contributed by atoms with Crippen molar-refractivity contribution in [2.75, 3.05) is 6.61 Å². The molecule has 1 heterocycles. The molecule has 0 spiro atoms. The maximum atomic E-state index is 11.8. The lowest BCUT2D eigenvalue weighted by atomic mass is 9.64. The maximum Gasteiger partial charge on any atom is 0.287 e. The molecule has 1 amide bonds. The molecule has 1 aliphatic carbocycles. The van der Waals surface area contributed by atoms with Gasteiger partial charge in [-0.05, 0) is 25.5 Å². The number of carbonyl (C=O) groups excluding carboxylic acids is 1. The van der Waals surface area contributed by atoms with Gasteiger partial charge in [0.2, 0.25) is 0 Å². The summed E-state index contributed by atoms with van der Waals surface area (Å²) in [5.41, 5.74) is -0.0156. The average molecular weight is 237 g/mol. The molecule has 0 saturated heterocycles. The van der Waals surface area contributed by atoms with Gasteiger partial charge in [0.25, 0.3) is 5.91 Å².